The van der Waals surface area contributed by atoms with Crippen LogP contribution >= 0.6 is 0 Å². The van der Waals surface area contributed by atoms with Crippen LogP contribution in [0.15, 0.2) is 29.3 Å². The first-order chi connectivity index (χ1) is 9.65. The van der Waals surface area contributed by atoms with Crippen molar-refractivity contribution < 1.29 is 0 Å². The van der Waals surface area contributed by atoms with Crippen molar-refractivity contribution in [3.05, 3.63) is 35.4 Å². The second kappa shape index (κ2) is 5.47. The van der Waals surface area contributed by atoms with Crippen LogP contribution in [0.1, 0.15) is 50.2 Å². The van der Waals surface area contributed by atoms with E-state index in [0.717, 1.165) is 19.0 Å². The molecule has 0 saturated heterocycles. The molecule has 3 heteroatoms. The molecule has 3 atom stereocenters. The molecule has 0 amide bonds. The summed E-state index contributed by atoms with van der Waals surface area (Å²) in [5, 5.41) is 6.87. The third kappa shape index (κ3) is 2.54. The average molecular weight is 271 g/mol. The van der Waals surface area contributed by atoms with Crippen molar-refractivity contribution >= 4 is 5.96 Å². The maximum absolute atomic E-state index is 4.48. The summed E-state index contributed by atoms with van der Waals surface area (Å²) < 4.78 is 0. The van der Waals surface area contributed by atoms with Crippen molar-refractivity contribution in [2.75, 3.05) is 13.1 Å². The Bertz CT molecular complexity index is 507. The zero-order chi connectivity index (χ0) is 14.1. The molecule has 0 bridgehead atoms. The van der Waals surface area contributed by atoms with Gasteiger partial charge in [-0.2, -0.15) is 0 Å². The summed E-state index contributed by atoms with van der Waals surface area (Å²) in [4.78, 5) is 4.48. The lowest BCUT2D eigenvalue weighted by atomic mass is 9.90. The van der Waals surface area contributed by atoms with Crippen molar-refractivity contribution in [2.24, 2.45) is 10.9 Å². The highest BCUT2D eigenvalue weighted by Gasteiger charge is 2.32. The summed E-state index contributed by atoms with van der Waals surface area (Å²) in [7, 11) is 0. The van der Waals surface area contributed by atoms with Crippen LogP contribution in [-0.4, -0.2) is 25.1 Å². The van der Waals surface area contributed by atoms with Crippen LogP contribution in [0.2, 0.25) is 0 Å². The van der Waals surface area contributed by atoms with Crippen LogP contribution in [0.25, 0.3) is 0 Å². The molecule has 3 rings (SSSR count). The predicted octanol–water partition coefficient (Wildman–Crippen LogP) is 2.85. The standard InChI is InChI=1S/C17H25N3/c1-11(2)16-8-13(14-6-4-5-7-15(14)16)10-19-17-18-9-12(3)20-17/h4-7,11-13,16H,8-10H2,1-3H3,(H2,18,19,20)/t12?,13-,16-/m0/s1. The molecule has 1 aromatic rings. The Morgan fingerprint density at radius 1 is 1.30 bits per heavy atom. The first-order valence-electron chi connectivity index (χ1n) is 7.79. The van der Waals surface area contributed by atoms with Crippen LogP contribution in [0, 0.1) is 5.92 Å². The Labute approximate surface area is 121 Å². The van der Waals surface area contributed by atoms with Crippen molar-refractivity contribution in [1.29, 1.82) is 0 Å². The van der Waals surface area contributed by atoms with Crippen molar-refractivity contribution in [2.45, 2.75) is 45.1 Å². The number of aliphatic imine (C=N–C) groups is 1. The lowest BCUT2D eigenvalue weighted by Crippen LogP contribution is -2.39. The molecule has 20 heavy (non-hydrogen) atoms. The largest absolute Gasteiger partial charge is 0.356 e. The van der Waals surface area contributed by atoms with Crippen LogP contribution in [0.5, 0.6) is 0 Å². The second-order valence-electron chi connectivity index (χ2n) is 6.53. The third-order valence-corrected chi connectivity index (χ3v) is 4.60. The Hall–Kier alpha value is -1.51. The van der Waals surface area contributed by atoms with E-state index in [1.807, 2.05) is 0 Å². The number of fused-ring (bicyclic) bond motifs is 1. The molecule has 2 aliphatic rings. The zero-order valence-corrected chi connectivity index (χ0v) is 12.7. The van der Waals surface area contributed by atoms with Gasteiger partial charge in [-0.3, -0.25) is 4.99 Å². The van der Waals surface area contributed by atoms with E-state index < -0.39 is 0 Å². The highest BCUT2D eigenvalue weighted by atomic mass is 15.2. The van der Waals surface area contributed by atoms with Gasteiger partial charge in [0.1, 0.15) is 0 Å². The van der Waals surface area contributed by atoms with Gasteiger partial charge < -0.3 is 10.6 Å². The minimum Gasteiger partial charge on any atom is -0.356 e. The first-order valence-corrected chi connectivity index (χ1v) is 7.79. The molecular weight excluding hydrogens is 246 g/mol. The van der Waals surface area contributed by atoms with Gasteiger partial charge in [-0.25, -0.2) is 0 Å². The topological polar surface area (TPSA) is 36.4 Å². The number of nitrogens with zero attached hydrogens (tertiary/aromatic N) is 1. The molecule has 108 valence electrons. The van der Waals surface area contributed by atoms with Gasteiger partial charge in [-0.1, -0.05) is 38.1 Å². The van der Waals surface area contributed by atoms with Gasteiger partial charge in [0.05, 0.1) is 6.54 Å². The molecule has 1 aliphatic carbocycles. The van der Waals surface area contributed by atoms with E-state index >= 15 is 0 Å². The summed E-state index contributed by atoms with van der Waals surface area (Å²) in [6.45, 7) is 8.71. The van der Waals surface area contributed by atoms with E-state index in [1.54, 1.807) is 5.56 Å². The smallest absolute Gasteiger partial charge is 0.191 e. The number of nitrogens with one attached hydrogen (secondary N) is 2. The number of hydrogen-bond acceptors (Lipinski definition) is 3. The SMILES string of the molecule is CC1CN=C(NC[C@@H]2C[C@@H](C(C)C)c3ccccc32)N1. The van der Waals surface area contributed by atoms with Gasteiger partial charge in [0, 0.05) is 18.5 Å². The fourth-order valence-corrected chi connectivity index (χ4v) is 3.49. The van der Waals surface area contributed by atoms with Crippen molar-refractivity contribution in [3.63, 3.8) is 0 Å². The van der Waals surface area contributed by atoms with E-state index in [1.165, 1.54) is 12.0 Å². The quantitative estimate of drug-likeness (QED) is 0.887. The minimum absolute atomic E-state index is 0.469. The average Bonchev–Trinajstić information content (AvgIpc) is 3.00. The summed E-state index contributed by atoms with van der Waals surface area (Å²) in [6.07, 6.45) is 1.26. The molecular formula is C17H25N3. The van der Waals surface area contributed by atoms with Gasteiger partial charge in [-0.15, -0.1) is 0 Å². The van der Waals surface area contributed by atoms with Gasteiger partial charge >= 0.3 is 0 Å². The summed E-state index contributed by atoms with van der Waals surface area (Å²) in [6, 6.07) is 9.43. The fourth-order valence-electron chi connectivity index (χ4n) is 3.49. The Balaban J connectivity index is 1.69. The normalized spacial score (nSPS) is 28.2. The monoisotopic (exact) mass is 271 g/mol. The first kappa shape index (κ1) is 13.5. The molecule has 2 N–H and O–H groups in total. The van der Waals surface area contributed by atoms with E-state index in [4.69, 9.17) is 0 Å². The van der Waals surface area contributed by atoms with Crippen LogP contribution in [0.4, 0.5) is 0 Å². The molecule has 1 heterocycles. The molecule has 3 nitrogen and oxygen atoms in total. The molecule has 0 saturated carbocycles. The predicted molar refractivity (Wildman–Crippen MR) is 84.3 cm³/mol. The summed E-state index contributed by atoms with van der Waals surface area (Å²) in [5.74, 6) is 3.00. The summed E-state index contributed by atoms with van der Waals surface area (Å²) >= 11 is 0. The summed E-state index contributed by atoms with van der Waals surface area (Å²) in [5.41, 5.74) is 3.09. The highest BCUT2D eigenvalue weighted by molar-refractivity contribution is 5.81. The lowest BCUT2D eigenvalue weighted by Gasteiger charge is -2.17. The minimum atomic E-state index is 0.469. The van der Waals surface area contributed by atoms with E-state index in [9.17, 15) is 0 Å². The van der Waals surface area contributed by atoms with Crippen LogP contribution in [-0.2, 0) is 0 Å². The molecule has 0 aromatic heterocycles. The zero-order valence-electron chi connectivity index (χ0n) is 12.7. The van der Waals surface area contributed by atoms with Gasteiger partial charge in [0.25, 0.3) is 0 Å². The lowest BCUT2D eigenvalue weighted by molar-refractivity contribution is 0.463. The van der Waals surface area contributed by atoms with Crippen molar-refractivity contribution in [1.82, 2.24) is 10.6 Å². The number of rotatable bonds is 3. The number of benzene rings is 1. The molecule has 0 fully saturated rings. The molecule has 1 unspecified atom stereocenters. The van der Waals surface area contributed by atoms with E-state index in [2.05, 4.69) is 60.7 Å². The van der Waals surface area contributed by atoms with E-state index in [0.29, 0.717) is 23.8 Å². The van der Waals surface area contributed by atoms with Gasteiger partial charge in [-0.05, 0) is 36.3 Å². The highest BCUT2D eigenvalue weighted by Crippen LogP contribution is 2.44. The maximum atomic E-state index is 4.48. The van der Waals surface area contributed by atoms with E-state index in [-0.39, 0.29) is 0 Å². The third-order valence-electron chi connectivity index (χ3n) is 4.60. The van der Waals surface area contributed by atoms with Gasteiger partial charge in [0.2, 0.25) is 0 Å². The molecule has 1 aromatic carbocycles. The Morgan fingerprint density at radius 3 is 2.70 bits per heavy atom. The van der Waals surface area contributed by atoms with Crippen LogP contribution in [0.3, 0.4) is 0 Å². The number of hydrogen-bond donors (Lipinski definition) is 2. The number of guanidine groups is 1. The second-order valence-corrected chi connectivity index (χ2v) is 6.53. The molecule has 1 aliphatic heterocycles. The maximum Gasteiger partial charge on any atom is 0.191 e. The Kier molecular flexibility index (Phi) is 3.68. The molecule has 0 spiro atoms. The fraction of sp³-hybridized carbons (Fsp3) is 0.588. The van der Waals surface area contributed by atoms with Crippen molar-refractivity contribution in [3.8, 4) is 0 Å². The van der Waals surface area contributed by atoms with Crippen LogP contribution < -0.4 is 10.6 Å². The molecule has 0 radical (unpaired) electrons. The van der Waals surface area contributed by atoms with Gasteiger partial charge in [0.15, 0.2) is 5.96 Å². The Morgan fingerprint density at radius 2 is 2.05 bits per heavy atom.